The van der Waals surface area contributed by atoms with E-state index in [1.54, 1.807) is 0 Å². The average Bonchev–Trinajstić information content (AvgIpc) is 2.84. The second-order valence-corrected chi connectivity index (χ2v) is 6.67. The molecule has 2 saturated heterocycles. The molecule has 2 heterocycles. The topological polar surface area (TPSA) is 61.4 Å². The smallest absolute Gasteiger partial charge is 0.225 e. The maximum Gasteiger partial charge on any atom is 0.225 e. The fourth-order valence-corrected chi connectivity index (χ4v) is 3.44. The lowest BCUT2D eigenvalue weighted by molar-refractivity contribution is -0.130. The van der Waals surface area contributed by atoms with Crippen LogP contribution < -0.4 is 10.6 Å². The van der Waals surface area contributed by atoms with Crippen LogP contribution in [0.3, 0.4) is 0 Å². The van der Waals surface area contributed by atoms with E-state index in [2.05, 4.69) is 31.4 Å². The fourth-order valence-electron chi connectivity index (χ4n) is 3.44. The van der Waals surface area contributed by atoms with Crippen molar-refractivity contribution in [2.75, 3.05) is 19.6 Å². The van der Waals surface area contributed by atoms with Crippen molar-refractivity contribution in [2.24, 2.45) is 11.8 Å². The monoisotopic (exact) mass is 295 g/mol. The van der Waals surface area contributed by atoms with Crippen molar-refractivity contribution in [2.45, 2.75) is 58.5 Å². The normalized spacial score (nSPS) is 31.3. The summed E-state index contributed by atoms with van der Waals surface area (Å²) < 4.78 is 0. The van der Waals surface area contributed by atoms with Gasteiger partial charge in [-0.05, 0) is 38.8 Å². The van der Waals surface area contributed by atoms with Crippen LogP contribution in [0.25, 0.3) is 0 Å². The predicted molar refractivity (Wildman–Crippen MR) is 82.8 cm³/mol. The highest BCUT2D eigenvalue weighted by molar-refractivity contribution is 5.89. The third kappa shape index (κ3) is 3.96. The molecule has 21 heavy (non-hydrogen) atoms. The van der Waals surface area contributed by atoms with Crippen molar-refractivity contribution in [3.8, 4) is 0 Å². The highest BCUT2D eigenvalue weighted by Gasteiger charge is 2.37. The first-order chi connectivity index (χ1) is 10.0. The van der Waals surface area contributed by atoms with Gasteiger partial charge in [-0.2, -0.15) is 0 Å². The number of rotatable bonds is 5. The summed E-state index contributed by atoms with van der Waals surface area (Å²) in [5.74, 6) is 0.483. The van der Waals surface area contributed by atoms with E-state index in [1.807, 2.05) is 4.90 Å². The first-order valence-electron chi connectivity index (χ1n) is 8.33. The number of piperidine rings is 1. The Balaban J connectivity index is 1.87. The Kier molecular flexibility index (Phi) is 5.62. The summed E-state index contributed by atoms with van der Waals surface area (Å²) in [6.07, 6.45) is 3.42. The van der Waals surface area contributed by atoms with Crippen molar-refractivity contribution < 1.29 is 9.59 Å². The van der Waals surface area contributed by atoms with E-state index in [9.17, 15) is 9.59 Å². The molecule has 0 aliphatic carbocycles. The molecule has 4 atom stereocenters. The zero-order valence-electron chi connectivity index (χ0n) is 13.5. The quantitative estimate of drug-likeness (QED) is 0.799. The van der Waals surface area contributed by atoms with E-state index in [-0.39, 0.29) is 29.8 Å². The van der Waals surface area contributed by atoms with Crippen molar-refractivity contribution in [1.29, 1.82) is 0 Å². The third-order valence-electron chi connectivity index (χ3n) is 4.88. The molecule has 0 aromatic rings. The molecule has 2 aliphatic rings. The molecule has 2 aliphatic heterocycles. The van der Waals surface area contributed by atoms with Gasteiger partial charge in [0.25, 0.3) is 0 Å². The Morgan fingerprint density at radius 3 is 2.95 bits per heavy atom. The Labute approximate surface area is 127 Å². The minimum absolute atomic E-state index is 0.0632. The molecular weight excluding hydrogens is 266 g/mol. The number of nitrogens with zero attached hydrogens (tertiary/aromatic N) is 1. The fraction of sp³-hybridized carbons (Fsp3) is 0.875. The molecule has 5 heteroatoms. The summed E-state index contributed by atoms with van der Waals surface area (Å²) in [6.45, 7) is 8.86. The standard InChI is InChI=1S/C16H29N3O2/c1-4-5-12(3)19-10-13(8-15(19)20)16(21)18-14-6-7-17-9-11(14)2/h11-14,17H,4-10H2,1-3H3,(H,18,21). The number of hydrogen-bond acceptors (Lipinski definition) is 3. The van der Waals surface area contributed by atoms with Crippen molar-refractivity contribution >= 4 is 11.8 Å². The first kappa shape index (κ1) is 16.3. The van der Waals surface area contributed by atoms with E-state index in [1.165, 1.54) is 0 Å². The van der Waals surface area contributed by atoms with Gasteiger partial charge in [0.2, 0.25) is 11.8 Å². The predicted octanol–water partition coefficient (Wildman–Crippen LogP) is 1.14. The molecule has 2 amide bonds. The summed E-state index contributed by atoms with van der Waals surface area (Å²) >= 11 is 0. The molecule has 4 unspecified atom stereocenters. The maximum atomic E-state index is 12.4. The minimum atomic E-state index is -0.168. The molecule has 0 aromatic heterocycles. The second kappa shape index (κ2) is 7.25. The Morgan fingerprint density at radius 1 is 1.52 bits per heavy atom. The van der Waals surface area contributed by atoms with Gasteiger partial charge in [-0.25, -0.2) is 0 Å². The first-order valence-corrected chi connectivity index (χ1v) is 8.33. The van der Waals surface area contributed by atoms with Gasteiger partial charge in [-0.3, -0.25) is 9.59 Å². The van der Waals surface area contributed by atoms with Crippen LogP contribution in [-0.4, -0.2) is 48.4 Å². The number of amides is 2. The minimum Gasteiger partial charge on any atom is -0.353 e. The summed E-state index contributed by atoms with van der Waals surface area (Å²) in [6, 6.07) is 0.495. The molecule has 0 bridgehead atoms. The van der Waals surface area contributed by atoms with Gasteiger partial charge in [0.1, 0.15) is 0 Å². The highest BCUT2D eigenvalue weighted by atomic mass is 16.2. The van der Waals surface area contributed by atoms with Gasteiger partial charge < -0.3 is 15.5 Å². The molecule has 2 N–H and O–H groups in total. The molecule has 0 spiro atoms. The van der Waals surface area contributed by atoms with E-state index < -0.39 is 0 Å². The van der Waals surface area contributed by atoms with Crippen LogP contribution in [0, 0.1) is 11.8 Å². The van der Waals surface area contributed by atoms with Crippen LogP contribution in [0.15, 0.2) is 0 Å². The van der Waals surface area contributed by atoms with Gasteiger partial charge in [0.15, 0.2) is 0 Å². The van der Waals surface area contributed by atoms with Crippen LogP contribution >= 0.6 is 0 Å². The van der Waals surface area contributed by atoms with Crippen LogP contribution in [-0.2, 0) is 9.59 Å². The van der Waals surface area contributed by atoms with Crippen LogP contribution in [0.5, 0.6) is 0 Å². The molecule has 5 nitrogen and oxygen atoms in total. The Bertz CT molecular complexity index is 386. The Morgan fingerprint density at radius 2 is 2.29 bits per heavy atom. The summed E-state index contributed by atoms with van der Waals surface area (Å²) in [5.41, 5.74) is 0. The largest absolute Gasteiger partial charge is 0.353 e. The summed E-state index contributed by atoms with van der Waals surface area (Å²) in [7, 11) is 0. The zero-order valence-corrected chi connectivity index (χ0v) is 13.5. The molecular formula is C16H29N3O2. The highest BCUT2D eigenvalue weighted by Crippen LogP contribution is 2.23. The number of carbonyl (C=O) groups is 2. The van der Waals surface area contributed by atoms with Crippen molar-refractivity contribution in [3.63, 3.8) is 0 Å². The van der Waals surface area contributed by atoms with Gasteiger partial charge in [0.05, 0.1) is 5.92 Å². The number of likely N-dealkylation sites (tertiary alicyclic amines) is 1. The van der Waals surface area contributed by atoms with E-state index in [0.29, 0.717) is 18.9 Å². The van der Waals surface area contributed by atoms with E-state index in [4.69, 9.17) is 0 Å². The van der Waals surface area contributed by atoms with Crippen LogP contribution in [0.4, 0.5) is 0 Å². The molecule has 0 saturated carbocycles. The SMILES string of the molecule is CCCC(C)N1CC(C(=O)NC2CCNCC2C)CC1=O. The molecule has 0 radical (unpaired) electrons. The van der Waals surface area contributed by atoms with Crippen molar-refractivity contribution in [1.82, 2.24) is 15.5 Å². The lowest BCUT2D eigenvalue weighted by Gasteiger charge is -2.31. The average molecular weight is 295 g/mol. The third-order valence-corrected chi connectivity index (χ3v) is 4.88. The lowest BCUT2D eigenvalue weighted by Crippen LogP contribution is -2.50. The van der Waals surface area contributed by atoms with Crippen LogP contribution in [0.1, 0.15) is 46.5 Å². The van der Waals surface area contributed by atoms with E-state index >= 15 is 0 Å². The van der Waals surface area contributed by atoms with Gasteiger partial charge >= 0.3 is 0 Å². The van der Waals surface area contributed by atoms with Crippen molar-refractivity contribution in [3.05, 3.63) is 0 Å². The zero-order chi connectivity index (χ0) is 15.4. The number of hydrogen-bond donors (Lipinski definition) is 2. The molecule has 120 valence electrons. The number of carbonyl (C=O) groups excluding carboxylic acids is 2. The van der Waals surface area contributed by atoms with Gasteiger partial charge in [-0.15, -0.1) is 0 Å². The van der Waals surface area contributed by atoms with E-state index in [0.717, 1.165) is 32.4 Å². The maximum absolute atomic E-state index is 12.4. The second-order valence-electron chi connectivity index (χ2n) is 6.67. The molecule has 2 fully saturated rings. The lowest BCUT2D eigenvalue weighted by atomic mass is 9.94. The van der Waals surface area contributed by atoms with Gasteiger partial charge in [-0.1, -0.05) is 20.3 Å². The number of nitrogens with one attached hydrogen (secondary N) is 2. The summed E-state index contributed by atoms with van der Waals surface area (Å²) in [5, 5.41) is 6.50. The van der Waals surface area contributed by atoms with Gasteiger partial charge in [0, 0.05) is 25.0 Å². The molecule has 0 aromatic carbocycles. The Hall–Kier alpha value is -1.10. The van der Waals surface area contributed by atoms with Crippen LogP contribution in [0.2, 0.25) is 0 Å². The molecule has 2 rings (SSSR count). The summed E-state index contributed by atoms with van der Waals surface area (Å²) in [4.78, 5) is 26.4.